The van der Waals surface area contributed by atoms with Gasteiger partial charge >= 0.3 is 12.1 Å². The molecule has 0 bridgehead atoms. The maximum Gasteiger partial charge on any atom is 0.416 e. The van der Waals surface area contributed by atoms with Crippen LogP contribution < -0.4 is 5.32 Å². The molecule has 1 saturated heterocycles. The Bertz CT molecular complexity index is 1100. The highest BCUT2D eigenvalue weighted by Gasteiger charge is 2.30. The number of fused-ring (bicyclic) bond motifs is 1. The van der Waals surface area contributed by atoms with E-state index in [1.807, 2.05) is 0 Å². The van der Waals surface area contributed by atoms with Gasteiger partial charge in [0.15, 0.2) is 0 Å². The number of pyridine rings is 1. The molecule has 0 spiro atoms. The molecule has 32 heavy (non-hydrogen) atoms. The number of halogens is 3. The van der Waals surface area contributed by atoms with Crippen LogP contribution in [0.2, 0.25) is 0 Å². The predicted octanol–water partition coefficient (Wildman–Crippen LogP) is 5.64. The van der Waals surface area contributed by atoms with Gasteiger partial charge in [-0.3, -0.25) is 9.88 Å². The third kappa shape index (κ3) is 5.19. The molecule has 0 radical (unpaired) electrons. The molecule has 1 aromatic heterocycles. The second kappa shape index (κ2) is 9.56. The second-order valence-electron chi connectivity index (χ2n) is 7.80. The van der Waals surface area contributed by atoms with Crippen molar-refractivity contribution in [1.82, 2.24) is 9.88 Å². The lowest BCUT2D eigenvalue weighted by Crippen LogP contribution is -2.33. The Labute approximate surface area is 184 Å². The summed E-state index contributed by atoms with van der Waals surface area (Å²) in [5.41, 5.74) is 0.891. The molecule has 0 aliphatic carbocycles. The Hall–Kier alpha value is -3.13. The van der Waals surface area contributed by atoms with Gasteiger partial charge < -0.3 is 10.1 Å². The van der Waals surface area contributed by atoms with Crippen molar-refractivity contribution in [1.29, 1.82) is 0 Å². The Morgan fingerprint density at radius 3 is 2.59 bits per heavy atom. The zero-order chi connectivity index (χ0) is 22.6. The van der Waals surface area contributed by atoms with Gasteiger partial charge in [0.05, 0.1) is 22.3 Å². The summed E-state index contributed by atoms with van der Waals surface area (Å²) in [6.45, 7) is 3.07. The zero-order valence-electron chi connectivity index (χ0n) is 17.5. The van der Waals surface area contributed by atoms with Crippen molar-refractivity contribution in [2.45, 2.75) is 25.4 Å². The average Bonchev–Trinajstić information content (AvgIpc) is 2.79. The van der Waals surface area contributed by atoms with E-state index in [1.54, 1.807) is 30.3 Å². The first-order valence-corrected chi connectivity index (χ1v) is 10.6. The summed E-state index contributed by atoms with van der Waals surface area (Å²) in [7, 11) is 0. The highest BCUT2D eigenvalue weighted by atomic mass is 19.4. The molecular formula is C24H24F3N3O2. The molecule has 0 atom stereocenters. The summed E-state index contributed by atoms with van der Waals surface area (Å²) in [6.07, 6.45) is 0.584. The molecule has 0 saturated carbocycles. The van der Waals surface area contributed by atoms with Crippen LogP contribution in [0.1, 0.15) is 35.2 Å². The highest BCUT2D eigenvalue weighted by molar-refractivity contribution is 5.99. The standard InChI is InChI=1S/C24H24F3N3O2/c25-24(26,27)17-8-9-18-21(10-11-28-22(18)16-17)29-20-7-3-2-6-19(20)23(31)32-15-14-30-12-4-1-5-13-30/h2-3,6-11,16H,1,4-5,12-15H2,(H,28,29). The van der Waals surface area contributed by atoms with E-state index in [0.29, 0.717) is 35.5 Å². The lowest BCUT2D eigenvalue weighted by atomic mass is 10.1. The number of likely N-dealkylation sites (tertiary alicyclic amines) is 1. The van der Waals surface area contributed by atoms with Crippen LogP contribution in [0.25, 0.3) is 10.9 Å². The summed E-state index contributed by atoms with van der Waals surface area (Å²) in [5, 5.41) is 3.68. The number of ether oxygens (including phenoxy) is 1. The van der Waals surface area contributed by atoms with Gasteiger partial charge in [-0.25, -0.2) is 4.79 Å². The Morgan fingerprint density at radius 2 is 1.81 bits per heavy atom. The SMILES string of the molecule is O=C(OCCN1CCCCC1)c1ccccc1Nc1ccnc2cc(C(F)(F)F)ccc12. The third-order valence-electron chi connectivity index (χ3n) is 5.58. The van der Waals surface area contributed by atoms with E-state index in [9.17, 15) is 18.0 Å². The van der Waals surface area contributed by atoms with Crippen LogP contribution in [0.15, 0.2) is 54.7 Å². The van der Waals surface area contributed by atoms with Crippen LogP contribution in [0.5, 0.6) is 0 Å². The van der Waals surface area contributed by atoms with Crippen LogP contribution in [0.4, 0.5) is 24.5 Å². The molecular weight excluding hydrogens is 419 g/mol. The fourth-order valence-electron chi connectivity index (χ4n) is 3.88. The molecule has 1 N–H and O–H groups in total. The molecule has 4 rings (SSSR count). The van der Waals surface area contributed by atoms with Gasteiger partial charge in [0.1, 0.15) is 6.61 Å². The molecule has 1 aliphatic rings. The normalized spacial score (nSPS) is 15.0. The molecule has 168 valence electrons. The molecule has 1 fully saturated rings. The first kappa shape index (κ1) is 22.1. The first-order chi connectivity index (χ1) is 15.4. The third-order valence-corrected chi connectivity index (χ3v) is 5.58. The Balaban J connectivity index is 1.50. The number of carbonyl (C=O) groups excluding carboxylic acids is 1. The van der Waals surface area contributed by atoms with E-state index in [4.69, 9.17) is 4.74 Å². The van der Waals surface area contributed by atoms with E-state index < -0.39 is 17.7 Å². The number of nitrogens with zero attached hydrogens (tertiary/aromatic N) is 2. The van der Waals surface area contributed by atoms with E-state index in [0.717, 1.165) is 25.2 Å². The van der Waals surface area contributed by atoms with Gasteiger partial charge in [0.25, 0.3) is 0 Å². The smallest absolute Gasteiger partial charge is 0.416 e. The minimum atomic E-state index is -4.44. The molecule has 2 aromatic carbocycles. The van der Waals surface area contributed by atoms with E-state index in [-0.39, 0.29) is 5.52 Å². The van der Waals surface area contributed by atoms with Crippen LogP contribution >= 0.6 is 0 Å². The second-order valence-corrected chi connectivity index (χ2v) is 7.80. The molecule has 5 nitrogen and oxygen atoms in total. The van der Waals surface area contributed by atoms with Crippen molar-refractivity contribution in [2.24, 2.45) is 0 Å². The summed E-state index contributed by atoms with van der Waals surface area (Å²) < 4.78 is 44.6. The number of carbonyl (C=O) groups is 1. The van der Waals surface area contributed by atoms with E-state index >= 15 is 0 Å². The Kier molecular flexibility index (Phi) is 6.60. The maximum absolute atomic E-state index is 13.0. The lowest BCUT2D eigenvalue weighted by Gasteiger charge is -2.26. The quantitative estimate of drug-likeness (QED) is 0.500. The van der Waals surface area contributed by atoms with Gasteiger partial charge in [-0.2, -0.15) is 13.2 Å². The molecule has 3 aromatic rings. The van der Waals surface area contributed by atoms with Crippen LogP contribution in [0, 0.1) is 0 Å². The van der Waals surface area contributed by atoms with Crippen molar-refractivity contribution in [3.63, 3.8) is 0 Å². The molecule has 2 heterocycles. The van der Waals surface area contributed by atoms with Crippen molar-refractivity contribution in [2.75, 3.05) is 31.6 Å². The summed E-state index contributed by atoms with van der Waals surface area (Å²) in [4.78, 5) is 19.1. The van der Waals surface area contributed by atoms with E-state index in [1.165, 1.54) is 31.5 Å². The number of hydrogen-bond acceptors (Lipinski definition) is 5. The zero-order valence-corrected chi connectivity index (χ0v) is 17.5. The number of esters is 1. The highest BCUT2D eigenvalue weighted by Crippen LogP contribution is 2.33. The predicted molar refractivity (Wildman–Crippen MR) is 117 cm³/mol. The van der Waals surface area contributed by atoms with Crippen LogP contribution in [0.3, 0.4) is 0 Å². The van der Waals surface area contributed by atoms with Crippen molar-refractivity contribution < 1.29 is 22.7 Å². The molecule has 0 unspecified atom stereocenters. The number of para-hydroxylation sites is 1. The summed E-state index contributed by atoms with van der Waals surface area (Å²) in [6, 6.07) is 12.0. The number of hydrogen-bond donors (Lipinski definition) is 1. The van der Waals surface area contributed by atoms with Crippen molar-refractivity contribution in [3.8, 4) is 0 Å². The summed E-state index contributed by atoms with van der Waals surface area (Å²) in [5.74, 6) is -0.442. The number of benzene rings is 2. The summed E-state index contributed by atoms with van der Waals surface area (Å²) >= 11 is 0. The largest absolute Gasteiger partial charge is 0.461 e. The number of aromatic nitrogens is 1. The molecule has 8 heteroatoms. The van der Waals surface area contributed by atoms with Crippen molar-refractivity contribution in [3.05, 3.63) is 65.9 Å². The van der Waals surface area contributed by atoms with Gasteiger partial charge in [0, 0.05) is 23.8 Å². The minimum Gasteiger partial charge on any atom is -0.461 e. The number of anilines is 2. The molecule has 0 amide bonds. The van der Waals surface area contributed by atoms with Gasteiger partial charge in [0.2, 0.25) is 0 Å². The maximum atomic E-state index is 13.0. The lowest BCUT2D eigenvalue weighted by molar-refractivity contribution is -0.137. The van der Waals surface area contributed by atoms with Gasteiger partial charge in [-0.15, -0.1) is 0 Å². The minimum absolute atomic E-state index is 0.214. The van der Waals surface area contributed by atoms with Crippen LogP contribution in [-0.4, -0.2) is 42.1 Å². The number of nitrogens with one attached hydrogen (secondary N) is 1. The number of piperidine rings is 1. The van der Waals surface area contributed by atoms with Crippen molar-refractivity contribution >= 4 is 28.2 Å². The topological polar surface area (TPSA) is 54.5 Å². The fraction of sp³-hybridized carbons (Fsp3) is 0.333. The first-order valence-electron chi connectivity index (χ1n) is 10.6. The van der Waals surface area contributed by atoms with Gasteiger partial charge in [-0.05, 0) is 56.3 Å². The van der Waals surface area contributed by atoms with E-state index in [2.05, 4.69) is 15.2 Å². The average molecular weight is 443 g/mol. The number of rotatable bonds is 6. The Morgan fingerprint density at radius 1 is 1.03 bits per heavy atom. The monoisotopic (exact) mass is 443 g/mol. The van der Waals surface area contributed by atoms with Gasteiger partial charge in [-0.1, -0.05) is 24.6 Å². The number of alkyl halides is 3. The molecule has 1 aliphatic heterocycles. The fourth-order valence-corrected chi connectivity index (χ4v) is 3.88. The van der Waals surface area contributed by atoms with Crippen LogP contribution in [-0.2, 0) is 10.9 Å².